The van der Waals surface area contributed by atoms with E-state index in [1.807, 2.05) is 17.0 Å². The van der Waals surface area contributed by atoms with E-state index in [0.717, 1.165) is 51.3 Å². The first-order valence-corrected chi connectivity index (χ1v) is 9.34. The van der Waals surface area contributed by atoms with Crippen LogP contribution in [0.15, 0.2) is 24.5 Å². The van der Waals surface area contributed by atoms with E-state index in [2.05, 4.69) is 9.88 Å². The summed E-state index contributed by atoms with van der Waals surface area (Å²) in [5.74, 6) is -0.00476. The Morgan fingerprint density at radius 2 is 1.96 bits per heavy atom. The molecule has 26 heavy (non-hydrogen) atoms. The molecular weight excluding hydrogens is 332 g/mol. The summed E-state index contributed by atoms with van der Waals surface area (Å²) in [7, 11) is 1.72. The van der Waals surface area contributed by atoms with Crippen LogP contribution in [0, 0.1) is 5.92 Å². The predicted molar refractivity (Wildman–Crippen MR) is 97.3 cm³/mol. The molecular formula is C19H28N4O3. The van der Waals surface area contributed by atoms with Crippen molar-refractivity contribution in [2.75, 3.05) is 53.0 Å². The summed E-state index contributed by atoms with van der Waals surface area (Å²) >= 11 is 0. The molecule has 2 fully saturated rings. The lowest BCUT2D eigenvalue weighted by atomic mass is 10.1. The second-order valence-electron chi connectivity index (χ2n) is 7.04. The fourth-order valence-corrected chi connectivity index (χ4v) is 3.68. The molecule has 0 aliphatic carbocycles. The summed E-state index contributed by atoms with van der Waals surface area (Å²) < 4.78 is 5.09. The van der Waals surface area contributed by atoms with Gasteiger partial charge in [-0.05, 0) is 24.1 Å². The molecule has 2 aliphatic rings. The second kappa shape index (κ2) is 9.09. The van der Waals surface area contributed by atoms with Crippen molar-refractivity contribution in [3.63, 3.8) is 0 Å². The minimum absolute atomic E-state index is 0.0679. The Morgan fingerprint density at radius 3 is 2.65 bits per heavy atom. The Morgan fingerprint density at radius 1 is 1.23 bits per heavy atom. The van der Waals surface area contributed by atoms with Crippen molar-refractivity contribution < 1.29 is 14.3 Å². The van der Waals surface area contributed by atoms with Crippen LogP contribution in [0.25, 0.3) is 0 Å². The van der Waals surface area contributed by atoms with Gasteiger partial charge >= 0.3 is 0 Å². The lowest BCUT2D eigenvalue weighted by Crippen LogP contribution is -2.50. The lowest BCUT2D eigenvalue weighted by molar-refractivity contribution is -0.137. The Labute approximate surface area is 154 Å². The van der Waals surface area contributed by atoms with E-state index < -0.39 is 0 Å². The summed E-state index contributed by atoms with van der Waals surface area (Å²) in [4.78, 5) is 35.2. The van der Waals surface area contributed by atoms with Gasteiger partial charge in [0, 0.05) is 78.3 Å². The van der Waals surface area contributed by atoms with E-state index in [-0.39, 0.29) is 17.7 Å². The van der Waals surface area contributed by atoms with E-state index in [4.69, 9.17) is 4.74 Å². The second-order valence-corrected chi connectivity index (χ2v) is 7.04. The van der Waals surface area contributed by atoms with E-state index in [1.165, 1.54) is 0 Å². The number of amides is 2. The SMILES string of the molecule is COCCCN1CCN(C(=O)[C@H]2CC(=O)N(Cc3ccncc3)C2)CC1. The number of rotatable bonds is 7. The number of aromatic nitrogens is 1. The van der Waals surface area contributed by atoms with Gasteiger partial charge in [-0.1, -0.05) is 0 Å². The Hall–Kier alpha value is -1.99. The van der Waals surface area contributed by atoms with Crippen molar-refractivity contribution in [2.45, 2.75) is 19.4 Å². The Balaban J connectivity index is 1.46. The third kappa shape index (κ3) is 4.80. The van der Waals surface area contributed by atoms with Gasteiger partial charge in [0.15, 0.2) is 0 Å². The molecule has 2 saturated heterocycles. The largest absolute Gasteiger partial charge is 0.385 e. The standard InChI is InChI=1S/C19H28N4O3/c1-26-12-2-7-21-8-10-22(11-9-21)19(25)17-13-18(24)23(15-17)14-16-3-5-20-6-4-16/h3-6,17H,2,7-15H2,1H3/t17-/m0/s1. The van der Waals surface area contributed by atoms with Gasteiger partial charge in [-0.15, -0.1) is 0 Å². The molecule has 3 rings (SSSR count). The van der Waals surface area contributed by atoms with E-state index in [1.54, 1.807) is 24.4 Å². The van der Waals surface area contributed by atoms with Gasteiger partial charge in [0.25, 0.3) is 0 Å². The van der Waals surface area contributed by atoms with Gasteiger partial charge < -0.3 is 14.5 Å². The summed E-state index contributed by atoms with van der Waals surface area (Å²) in [5, 5.41) is 0. The van der Waals surface area contributed by atoms with Crippen LogP contribution in [-0.4, -0.2) is 84.5 Å². The number of methoxy groups -OCH3 is 1. The average Bonchev–Trinajstić information content (AvgIpc) is 3.03. The molecule has 1 aromatic rings. The number of piperazine rings is 1. The van der Waals surface area contributed by atoms with Crippen molar-refractivity contribution in [3.05, 3.63) is 30.1 Å². The van der Waals surface area contributed by atoms with Crippen LogP contribution in [0.5, 0.6) is 0 Å². The first-order chi connectivity index (χ1) is 12.7. The summed E-state index contributed by atoms with van der Waals surface area (Å²) in [6.45, 7) is 6.16. The molecule has 2 amide bonds. The maximum absolute atomic E-state index is 12.8. The van der Waals surface area contributed by atoms with Crippen LogP contribution >= 0.6 is 0 Å². The third-order valence-electron chi connectivity index (χ3n) is 5.19. The van der Waals surface area contributed by atoms with E-state index in [9.17, 15) is 9.59 Å². The first-order valence-electron chi connectivity index (χ1n) is 9.34. The van der Waals surface area contributed by atoms with Crippen LogP contribution in [0.1, 0.15) is 18.4 Å². The Kier molecular flexibility index (Phi) is 6.57. The van der Waals surface area contributed by atoms with Gasteiger partial charge in [0.1, 0.15) is 0 Å². The van der Waals surface area contributed by atoms with Gasteiger partial charge in [-0.3, -0.25) is 19.5 Å². The van der Waals surface area contributed by atoms with E-state index >= 15 is 0 Å². The Bertz CT molecular complexity index is 602. The van der Waals surface area contributed by atoms with Gasteiger partial charge in [-0.2, -0.15) is 0 Å². The molecule has 1 atom stereocenters. The molecule has 0 unspecified atom stereocenters. The molecule has 2 aliphatic heterocycles. The maximum Gasteiger partial charge on any atom is 0.228 e. The smallest absolute Gasteiger partial charge is 0.228 e. The quantitative estimate of drug-likeness (QED) is 0.667. The maximum atomic E-state index is 12.8. The topological polar surface area (TPSA) is 66.0 Å². The van der Waals surface area contributed by atoms with Crippen LogP contribution in [-0.2, 0) is 20.9 Å². The molecule has 0 spiro atoms. The molecule has 3 heterocycles. The van der Waals surface area contributed by atoms with Gasteiger partial charge in [-0.25, -0.2) is 0 Å². The molecule has 142 valence electrons. The zero-order valence-electron chi connectivity index (χ0n) is 15.5. The fourth-order valence-electron chi connectivity index (χ4n) is 3.68. The van der Waals surface area contributed by atoms with Crippen LogP contribution in [0.4, 0.5) is 0 Å². The van der Waals surface area contributed by atoms with Crippen molar-refractivity contribution in [1.29, 1.82) is 0 Å². The molecule has 0 radical (unpaired) electrons. The number of pyridine rings is 1. The zero-order valence-corrected chi connectivity index (χ0v) is 15.5. The van der Waals surface area contributed by atoms with Gasteiger partial charge in [0.2, 0.25) is 11.8 Å². The minimum Gasteiger partial charge on any atom is -0.385 e. The van der Waals surface area contributed by atoms with Crippen molar-refractivity contribution in [3.8, 4) is 0 Å². The van der Waals surface area contributed by atoms with Crippen LogP contribution < -0.4 is 0 Å². The summed E-state index contributed by atoms with van der Waals surface area (Å²) in [5.41, 5.74) is 1.05. The zero-order chi connectivity index (χ0) is 18.4. The molecule has 0 saturated carbocycles. The third-order valence-corrected chi connectivity index (χ3v) is 5.19. The minimum atomic E-state index is -0.204. The summed E-state index contributed by atoms with van der Waals surface area (Å²) in [6.07, 6.45) is 4.80. The van der Waals surface area contributed by atoms with Gasteiger partial charge in [0.05, 0.1) is 5.92 Å². The number of nitrogens with zero attached hydrogens (tertiary/aromatic N) is 4. The van der Waals surface area contributed by atoms with Crippen molar-refractivity contribution in [2.24, 2.45) is 5.92 Å². The first kappa shape index (κ1) is 18.8. The number of carbonyl (C=O) groups excluding carboxylic acids is 2. The molecule has 0 bridgehead atoms. The highest BCUT2D eigenvalue weighted by Gasteiger charge is 2.37. The number of hydrogen-bond donors (Lipinski definition) is 0. The number of ether oxygens (including phenoxy) is 1. The fraction of sp³-hybridized carbons (Fsp3) is 0.632. The highest BCUT2D eigenvalue weighted by molar-refractivity contribution is 5.89. The molecule has 0 N–H and O–H groups in total. The van der Waals surface area contributed by atoms with Crippen LogP contribution in [0.3, 0.4) is 0 Å². The molecule has 1 aromatic heterocycles. The number of carbonyl (C=O) groups is 2. The van der Waals surface area contributed by atoms with Crippen LogP contribution in [0.2, 0.25) is 0 Å². The number of hydrogen-bond acceptors (Lipinski definition) is 5. The normalized spacial score (nSPS) is 21.4. The number of likely N-dealkylation sites (tertiary alicyclic amines) is 1. The highest BCUT2D eigenvalue weighted by atomic mass is 16.5. The lowest BCUT2D eigenvalue weighted by Gasteiger charge is -2.35. The highest BCUT2D eigenvalue weighted by Crippen LogP contribution is 2.22. The van der Waals surface area contributed by atoms with Crippen molar-refractivity contribution in [1.82, 2.24) is 19.7 Å². The average molecular weight is 360 g/mol. The monoisotopic (exact) mass is 360 g/mol. The molecule has 0 aromatic carbocycles. The summed E-state index contributed by atoms with van der Waals surface area (Å²) in [6, 6.07) is 3.82. The molecule has 7 nitrogen and oxygen atoms in total. The van der Waals surface area contributed by atoms with Crippen molar-refractivity contribution >= 4 is 11.8 Å². The van der Waals surface area contributed by atoms with E-state index in [0.29, 0.717) is 19.5 Å². The molecule has 7 heteroatoms. The predicted octanol–water partition coefficient (Wildman–Crippen LogP) is 0.611.